The van der Waals surface area contributed by atoms with Crippen LogP contribution in [0.5, 0.6) is 0 Å². The first-order valence-electron chi connectivity index (χ1n) is 39.3. The van der Waals surface area contributed by atoms with Crippen LogP contribution in [0.1, 0.15) is 90.0 Å². The largest absolute Gasteiger partial charge is 0.456 e. The summed E-state index contributed by atoms with van der Waals surface area (Å²) in [6.45, 7) is 19.9. The molecule has 0 saturated carbocycles. The summed E-state index contributed by atoms with van der Waals surface area (Å²) in [5.74, 6) is 0. The zero-order valence-corrected chi connectivity index (χ0v) is 58.5. The van der Waals surface area contributed by atoms with Crippen LogP contribution in [-0.4, -0.2) is 15.8 Å². The predicted molar refractivity (Wildman–Crippen MR) is 434 cm³/mol. The van der Waals surface area contributed by atoms with Gasteiger partial charge < -0.3 is 23.4 Å². The number of rotatable bonds is 8. The number of para-hydroxylation sites is 4. The van der Waals surface area contributed by atoms with Gasteiger partial charge in [0.15, 0.2) is 0 Å². The van der Waals surface area contributed by atoms with E-state index in [0.717, 1.165) is 139 Å². The van der Waals surface area contributed by atoms with Crippen molar-refractivity contribution in [2.24, 2.45) is 0 Å². The van der Waals surface area contributed by atoms with Gasteiger partial charge in [0.1, 0.15) is 11.2 Å². The van der Waals surface area contributed by atoms with E-state index in [1.54, 1.807) is 4.57 Å². The highest BCUT2D eigenvalue weighted by Crippen LogP contribution is 2.55. The second kappa shape index (κ2) is 22.8. The molecule has 5 nitrogen and oxygen atoms in total. The van der Waals surface area contributed by atoms with Crippen molar-refractivity contribution in [1.82, 2.24) is 9.13 Å². The highest BCUT2D eigenvalue weighted by Gasteiger charge is 2.46. The molecular weight excluding hydrogens is 1240 g/mol. The molecule has 0 unspecified atom stereocenters. The van der Waals surface area contributed by atoms with Crippen LogP contribution in [0.2, 0.25) is 0 Å². The Hall–Kier alpha value is -11.9. The quantitative estimate of drug-likeness (QED) is 0.142. The molecule has 0 saturated heterocycles. The molecule has 19 rings (SSSR count). The Morgan fingerprint density at radius 2 is 0.765 bits per heavy atom. The molecule has 17 aromatic rings. The van der Waals surface area contributed by atoms with Crippen LogP contribution in [0.4, 0.5) is 34.1 Å². The van der Waals surface area contributed by atoms with E-state index < -0.39 is 43.0 Å². The maximum atomic E-state index is 9.86. The third-order valence-corrected chi connectivity index (χ3v) is 21.4. The van der Waals surface area contributed by atoms with Crippen LogP contribution in [0, 0.1) is 0 Å². The van der Waals surface area contributed by atoms with Gasteiger partial charge in [-0.1, -0.05) is 274 Å². The number of hydrogen-bond acceptors (Lipinski definition) is 3. The normalized spacial score (nSPS) is 14.2. The lowest BCUT2D eigenvalue weighted by atomic mass is 9.33. The van der Waals surface area contributed by atoms with Crippen LogP contribution < -0.4 is 26.2 Å². The monoisotopic (exact) mass is 1320 g/mol. The van der Waals surface area contributed by atoms with Crippen molar-refractivity contribution in [3.63, 3.8) is 0 Å². The first-order chi connectivity index (χ1) is 52.8. The number of benzene rings is 14. The average molecular weight is 1320 g/mol. The Morgan fingerprint density at radius 1 is 0.314 bits per heavy atom. The van der Waals surface area contributed by atoms with Gasteiger partial charge in [-0.2, -0.15) is 0 Å². The summed E-state index contributed by atoms with van der Waals surface area (Å²) in [5, 5.41) is 4.27. The van der Waals surface area contributed by atoms with Gasteiger partial charge in [0.05, 0.1) is 49.8 Å². The topological polar surface area (TPSA) is 29.5 Å². The molecule has 0 fully saturated rings. The van der Waals surface area contributed by atoms with Crippen molar-refractivity contribution in [2.45, 2.75) is 78.6 Å². The van der Waals surface area contributed by atoms with Gasteiger partial charge in [0.2, 0.25) is 0 Å². The number of hydrogen-bond donors (Lipinski definition) is 0. The molecule has 2 aliphatic heterocycles. The first kappa shape index (κ1) is 53.1. The number of anilines is 6. The molecule has 3 aromatic heterocycles. The minimum atomic E-state index is -0.533. The minimum absolute atomic E-state index is 0.00501. The number of nitrogens with zero attached hydrogens (tertiary/aromatic N) is 4. The molecule has 0 spiro atoms. The molecule has 490 valence electrons. The van der Waals surface area contributed by atoms with Gasteiger partial charge in [0, 0.05) is 77.7 Å². The molecule has 14 aromatic carbocycles. The summed E-state index contributed by atoms with van der Waals surface area (Å²) in [4.78, 5) is 4.98. The van der Waals surface area contributed by atoms with Crippen molar-refractivity contribution in [3.8, 4) is 55.9 Å². The minimum Gasteiger partial charge on any atom is -0.456 e. The van der Waals surface area contributed by atoms with Gasteiger partial charge in [-0.3, -0.25) is 0 Å². The van der Waals surface area contributed by atoms with E-state index in [1.807, 2.05) is 24.3 Å². The maximum Gasteiger partial charge on any atom is 0.252 e. The lowest BCUT2D eigenvalue weighted by Gasteiger charge is -2.46. The van der Waals surface area contributed by atoms with Gasteiger partial charge in [-0.15, -0.1) is 0 Å². The van der Waals surface area contributed by atoms with Gasteiger partial charge in [0.25, 0.3) is 6.71 Å². The second-order valence-corrected chi connectivity index (χ2v) is 30.7. The summed E-state index contributed by atoms with van der Waals surface area (Å²) in [6.07, 6.45) is 0. The van der Waals surface area contributed by atoms with E-state index in [9.17, 15) is 8.22 Å². The van der Waals surface area contributed by atoms with Crippen LogP contribution in [0.15, 0.2) is 308 Å². The zero-order valence-electron chi connectivity index (χ0n) is 66.5. The molecule has 2 aliphatic rings. The molecule has 0 atom stereocenters. The molecule has 0 amide bonds. The Kier molecular flexibility index (Phi) is 11.9. The SMILES string of the molecule is [2H]c1c([2H])c([2H])c2c(c1[2H])c1c([2H])c([2H])c([2H])c([2H])c1n2-c1ccc2c(c1)N(c1c(-c3ccccc3)cccc1-c1ccccc1)c1cc(-c3cccc(C(C)(C)C)c3)cc3c1B2c1ccc(-n2c4ccc(C(C)(C)C)cc4c4cc(C(C)(C)C)ccc42)cc1N3c1c(-c2ccccc2)ccc2oc3ccccc3c12. The van der Waals surface area contributed by atoms with E-state index in [1.165, 1.54) is 21.9 Å². The Labute approximate surface area is 608 Å². The lowest BCUT2D eigenvalue weighted by molar-refractivity contribution is 0.590. The Balaban J connectivity index is 1.02. The highest BCUT2D eigenvalue weighted by atomic mass is 16.3. The molecular formula is C96H77BN4O. The van der Waals surface area contributed by atoms with E-state index in [4.69, 9.17) is 7.16 Å². The summed E-state index contributed by atoms with van der Waals surface area (Å²) in [5.41, 5.74) is 24.3. The first-order valence-corrected chi connectivity index (χ1v) is 35.3. The van der Waals surface area contributed by atoms with Crippen LogP contribution >= 0.6 is 0 Å². The van der Waals surface area contributed by atoms with Crippen LogP contribution in [-0.2, 0) is 16.2 Å². The fourth-order valence-corrected chi connectivity index (χ4v) is 16.3. The van der Waals surface area contributed by atoms with Crippen molar-refractivity contribution in [1.29, 1.82) is 0 Å². The van der Waals surface area contributed by atoms with Gasteiger partial charge in [-0.05, 0) is 168 Å². The smallest absolute Gasteiger partial charge is 0.252 e. The standard InChI is InChI=1S/C96H77BN4O/c1-94(2,3)65-34-25-33-63(53-65)64-54-86-91-87(55-64)101(93-72(62-31-17-12-18-32-62)47-52-89-90(93)75-37-21-24-42-88(75)102-89)85-59-69(99-82-50-43-66(95(4,5)6)56-76(82)77-57-67(96(7,8)9)44-51-83(77)99)46-49-79(85)97(91)78-48-45-68(98-80-40-22-19-35-73(80)74-36-20-23-41-81(74)98)58-84(78)100(86)92-70(60-27-13-10-14-28-60)38-26-39-71(92)61-29-15-11-16-30-61/h10-59H,1-9H3/i19D,20D,22D,23D,35D,36D,40D,41D. The number of aromatic nitrogens is 2. The predicted octanol–water partition coefficient (Wildman–Crippen LogP) is 24.4. The third-order valence-electron chi connectivity index (χ3n) is 21.4. The molecule has 0 radical (unpaired) electrons. The Bertz CT molecular complexity index is 6570. The fraction of sp³-hybridized carbons (Fsp3) is 0.125. The maximum absolute atomic E-state index is 9.86. The van der Waals surface area contributed by atoms with E-state index in [2.05, 4.69) is 307 Å². The molecule has 0 bridgehead atoms. The van der Waals surface area contributed by atoms with Crippen molar-refractivity contribution >= 4 is 123 Å². The molecule has 0 aliphatic carbocycles. The van der Waals surface area contributed by atoms with Gasteiger partial charge in [-0.25, -0.2) is 0 Å². The molecule has 6 heteroatoms. The van der Waals surface area contributed by atoms with E-state index >= 15 is 0 Å². The Morgan fingerprint density at radius 3 is 1.29 bits per heavy atom. The van der Waals surface area contributed by atoms with Crippen LogP contribution in [0.25, 0.3) is 121 Å². The van der Waals surface area contributed by atoms with Crippen molar-refractivity contribution in [3.05, 3.63) is 320 Å². The average Bonchev–Trinajstić information content (AvgIpc) is 1.17. The summed E-state index contributed by atoms with van der Waals surface area (Å²) >= 11 is 0. The summed E-state index contributed by atoms with van der Waals surface area (Å²) in [6, 6.07) is 88.4. The molecule has 0 N–H and O–H groups in total. The number of fused-ring (bicyclic) bond motifs is 13. The van der Waals surface area contributed by atoms with Crippen molar-refractivity contribution < 1.29 is 15.4 Å². The van der Waals surface area contributed by atoms with E-state index in [0.29, 0.717) is 5.69 Å². The van der Waals surface area contributed by atoms with Crippen molar-refractivity contribution in [2.75, 3.05) is 9.80 Å². The highest BCUT2D eigenvalue weighted by molar-refractivity contribution is 7.00. The lowest BCUT2D eigenvalue weighted by Crippen LogP contribution is -2.61. The van der Waals surface area contributed by atoms with Gasteiger partial charge >= 0.3 is 0 Å². The zero-order chi connectivity index (χ0) is 76.0. The van der Waals surface area contributed by atoms with Crippen LogP contribution in [0.3, 0.4) is 0 Å². The summed E-state index contributed by atoms with van der Waals surface area (Å²) in [7, 11) is 0. The fourth-order valence-electron chi connectivity index (χ4n) is 16.3. The third kappa shape index (κ3) is 9.59. The second-order valence-electron chi connectivity index (χ2n) is 30.7. The summed E-state index contributed by atoms with van der Waals surface area (Å²) < 4.78 is 86.8. The molecule has 102 heavy (non-hydrogen) atoms. The number of furan rings is 1. The van der Waals surface area contributed by atoms with E-state index in [-0.39, 0.29) is 50.1 Å². The molecule has 5 heterocycles.